The number of nitrogens with zero attached hydrogens (tertiary/aromatic N) is 1. The minimum Gasteiger partial charge on any atom is -0.326 e. The third-order valence-electron chi connectivity index (χ3n) is 3.76. The molecule has 0 aromatic carbocycles. The summed E-state index contributed by atoms with van der Waals surface area (Å²) in [5.41, 5.74) is 6.42. The summed E-state index contributed by atoms with van der Waals surface area (Å²) < 4.78 is 0. The molecule has 2 N–H and O–H groups in total. The summed E-state index contributed by atoms with van der Waals surface area (Å²) in [5, 5.41) is 0. The standard InChI is InChI=1S/C13H26N2/c1-4-5-9-12(14)13(2,3)15-10-7-6-8-11-15/h4,12H,1,5-11,14H2,2-3H3. The molecule has 0 aliphatic carbocycles. The summed E-state index contributed by atoms with van der Waals surface area (Å²) >= 11 is 0. The van der Waals surface area contributed by atoms with Gasteiger partial charge in [-0.1, -0.05) is 12.5 Å². The molecule has 2 heteroatoms. The van der Waals surface area contributed by atoms with Gasteiger partial charge in [0.1, 0.15) is 0 Å². The maximum Gasteiger partial charge on any atom is 0.0304 e. The lowest BCUT2D eigenvalue weighted by Gasteiger charge is -2.44. The molecule has 1 unspecified atom stereocenters. The summed E-state index contributed by atoms with van der Waals surface area (Å²) in [6.07, 6.45) is 8.08. The Hall–Kier alpha value is -0.340. The average Bonchev–Trinajstić information content (AvgIpc) is 2.27. The van der Waals surface area contributed by atoms with Gasteiger partial charge in [0.25, 0.3) is 0 Å². The summed E-state index contributed by atoms with van der Waals surface area (Å²) in [5.74, 6) is 0. The SMILES string of the molecule is C=CCCC(N)C(C)(C)N1CCCCC1. The lowest BCUT2D eigenvalue weighted by atomic mass is 9.88. The second kappa shape index (κ2) is 5.66. The van der Waals surface area contributed by atoms with Gasteiger partial charge in [-0.05, 0) is 52.6 Å². The van der Waals surface area contributed by atoms with Crippen LogP contribution in [-0.2, 0) is 0 Å². The molecule has 0 bridgehead atoms. The normalized spacial score (nSPS) is 21.3. The Kier molecular flexibility index (Phi) is 4.81. The highest BCUT2D eigenvalue weighted by Crippen LogP contribution is 2.24. The van der Waals surface area contributed by atoms with Crippen LogP contribution in [0, 0.1) is 0 Å². The fourth-order valence-corrected chi connectivity index (χ4v) is 2.36. The zero-order valence-corrected chi connectivity index (χ0v) is 10.3. The van der Waals surface area contributed by atoms with Crippen molar-refractivity contribution < 1.29 is 0 Å². The summed E-state index contributed by atoms with van der Waals surface area (Å²) in [6.45, 7) is 10.8. The Morgan fingerprint density at radius 1 is 1.33 bits per heavy atom. The van der Waals surface area contributed by atoms with Crippen LogP contribution in [0.3, 0.4) is 0 Å². The van der Waals surface area contributed by atoms with Gasteiger partial charge in [0.15, 0.2) is 0 Å². The van der Waals surface area contributed by atoms with Crippen molar-refractivity contribution >= 4 is 0 Å². The Morgan fingerprint density at radius 2 is 1.93 bits per heavy atom. The van der Waals surface area contributed by atoms with Crippen LogP contribution in [0.4, 0.5) is 0 Å². The molecule has 88 valence electrons. The number of allylic oxidation sites excluding steroid dienone is 1. The largest absolute Gasteiger partial charge is 0.326 e. The van der Waals surface area contributed by atoms with E-state index < -0.39 is 0 Å². The smallest absolute Gasteiger partial charge is 0.0304 e. The topological polar surface area (TPSA) is 29.3 Å². The fourth-order valence-electron chi connectivity index (χ4n) is 2.36. The highest BCUT2D eigenvalue weighted by atomic mass is 15.2. The first-order valence-corrected chi connectivity index (χ1v) is 6.20. The molecule has 1 heterocycles. The monoisotopic (exact) mass is 210 g/mol. The molecule has 1 rings (SSSR count). The van der Waals surface area contributed by atoms with Gasteiger partial charge >= 0.3 is 0 Å². The number of hydrogen-bond acceptors (Lipinski definition) is 2. The van der Waals surface area contributed by atoms with E-state index in [1.54, 1.807) is 0 Å². The molecule has 0 aromatic rings. The zero-order valence-electron chi connectivity index (χ0n) is 10.3. The van der Waals surface area contributed by atoms with Crippen LogP contribution in [0.5, 0.6) is 0 Å². The van der Waals surface area contributed by atoms with Gasteiger partial charge in [0.05, 0.1) is 0 Å². The summed E-state index contributed by atoms with van der Waals surface area (Å²) in [6, 6.07) is 0.258. The Bertz CT molecular complexity index is 193. The lowest BCUT2D eigenvalue weighted by molar-refractivity contribution is 0.0709. The van der Waals surface area contributed by atoms with Gasteiger partial charge in [-0.2, -0.15) is 0 Å². The second-order valence-corrected chi connectivity index (χ2v) is 5.17. The van der Waals surface area contributed by atoms with E-state index in [0.29, 0.717) is 0 Å². The first-order chi connectivity index (χ1) is 7.09. The Labute approximate surface area is 94.5 Å². The highest BCUT2D eigenvalue weighted by Gasteiger charge is 2.33. The number of nitrogens with two attached hydrogens (primary N) is 1. The predicted octanol–water partition coefficient (Wildman–Crippen LogP) is 2.54. The molecule has 0 saturated carbocycles. The molecule has 1 fully saturated rings. The first kappa shape index (κ1) is 12.7. The van der Waals surface area contributed by atoms with Crippen molar-refractivity contribution in [3.63, 3.8) is 0 Å². The Balaban J connectivity index is 2.50. The third kappa shape index (κ3) is 3.32. The van der Waals surface area contributed by atoms with Gasteiger partial charge in [0.2, 0.25) is 0 Å². The van der Waals surface area contributed by atoms with Crippen LogP contribution < -0.4 is 5.73 Å². The van der Waals surface area contributed by atoms with E-state index in [-0.39, 0.29) is 11.6 Å². The van der Waals surface area contributed by atoms with Crippen LogP contribution in [-0.4, -0.2) is 29.6 Å². The first-order valence-electron chi connectivity index (χ1n) is 6.20. The van der Waals surface area contributed by atoms with E-state index in [9.17, 15) is 0 Å². The quantitative estimate of drug-likeness (QED) is 0.707. The molecule has 2 nitrogen and oxygen atoms in total. The zero-order chi connectivity index (χ0) is 11.3. The van der Waals surface area contributed by atoms with Crippen molar-refractivity contribution in [3.05, 3.63) is 12.7 Å². The van der Waals surface area contributed by atoms with Gasteiger partial charge in [-0.3, -0.25) is 4.90 Å². The van der Waals surface area contributed by atoms with Gasteiger partial charge in [-0.15, -0.1) is 6.58 Å². The molecular formula is C13H26N2. The maximum atomic E-state index is 6.28. The van der Waals surface area contributed by atoms with E-state index in [1.807, 2.05) is 6.08 Å². The van der Waals surface area contributed by atoms with Crippen molar-refractivity contribution in [1.82, 2.24) is 4.90 Å². The number of rotatable bonds is 5. The van der Waals surface area contributed by atoms with Crippen LogP contribution >= 0.6 is 0 Å². The molecule has 0 amide bonds. The van der Waals surface area contributed by atoms with Crippen molar-refractivity contribution in [2.75, 3.05) is 13.1 Å². The van der Waals surface area contributed by atoms with E-state index in [0.717, 1.165) is 12.8 Å². The molecule has 1 aliphatic rings. The van der Waals surface area contributed by atoms with Crippen LogP contribution in [0.2, 0.25) is 0 Å². The minimum absolute atomic E-state index is 0.142. The fraction of sp³-hybridized carbons (Fsp3) is 0.846. The van der Waals surface area contributed by atoms with Crippen LogP contribution in [0.25, 0.3) is 0 Å². The van der Waals surface area contributed by atoms with E-state index in [2.05, 4.69) is 25.3 Å². The Morgan fingerprint density at radius 3 is 2.47 bits per heavy atom. The number of hydrogen-bond donors (Lipinski definition) is 1. The van der Waals surface area contributed by atoms with Crippen molar-refractivity contribution in [1.29, 1.82) is 0 Å². The summed E-state index contributed by atoms with van der Waals surface area (Å²) in [7, 11) is 0. The van der Waals surface area contributed by atoms with Gasteiger partial charge in [-0.25, -0.2) is 0 Å². The number of piperidine rings is 1. The van der Waals surface area contributed by atoms with Crippen LogP contribution in [0.1, 0.15) is 46.0 Å². The van der Waals surface area contributed by atoms with Crippen LogP contribution in [0.15, 0.2) is 12.7 Å². The van der Waals surface area contributed by atoms with E-state index >= 15 is 0 Å². The van der Waals surface area contributed by atoms with Gasteiger partial charge in [0, 0.05) is 11.6 Å². The molecule has 1 saturated heterocycles. The molecule has 0 radical (unpaired) electrons. The molecule has 15 heavy (non-hydrogen) atoms. The summed E-state index contributed by atoms with van der Waals surface area (Å²) in [4.78, 5) is 2.56. The highest BCUT2D eigenvalue weighted by molar-refractivity contribution is 4.93. The third-order valence-corrected chi connectivity index (χ3v) is 3.76. The maximum absolute atomic E-state index is 6.28. The van der Waals surface area contributed by atoms with Crippen molar-refractivity contribution in [2.45, 2.75) is 57.5 Å². The molecule has 1 aliphatic heterocycles. The average molecular weight is 210 g/mol. The van der Waals surface area contributed by atoms with E-state index in [4.69, 9.17) is 5.73 Å². The van der Waals surface area contributed by atoms with Crippen molar-refractivity contribution in [2.24, 2.45) is 5.73 Å². The predicted molar refractivity (Wildman–Crippen MR) is 66.9 cm³/mol. The van der Waals surface area contributed by atoms with Gasteiger partial charge < -0.3 is 5.73 Å². The van der Waals surface area contributed by atoms with E-state index in [1.165, 1.54) is 32.4 Å². The lowest BCUT2D eigenvalue weighted by Crippen LogP contribution is -2.57. The molecular weight excluding hydrogens is 184 g/mol. The molecule has 1 atom stereocenters. The van der Waals surface area contributed by atoms with Crippen molar-refractivity contribution in [3.8, 4) is 0 Å². The minimum atomic E-state index is 0.142. The number of likely N-dealkylation sites (tertiary alicyclic amines) is 1. The molecule has 0 spiro atoms. The molecule has 0 aromatic heterocycles. The second-order valence-electron chi connectivity index (χ2n) is 5.17.